The molecule has 2 unspecified atom stereocenters. The van der Waals surface area contributed by atoms with Crippen LogP contribution in [0.2, 0.25) is 0 Å². The molecule has 2 atom stereocenters. The van der Waals surface area contributed by atoms with E-state index in [1.165, 1.54) is 0 Å². The van der Waals surface area contributed by atoms with Crippen LogP contribution >= 0.6 is 0 Å². The second-order valence-corrected chi connectivity index (χ2v) is 2.05. The first kappa shape index (κ1) is 6.95. The number of morpholine rings is 1. The number of ether oxygens (including phenoxy) is 1. The Labute approximate surface area is 53.4 Å². The molecule has 0 aromatic carbocycles. The van der Waals surface area contributed by atoms with Crippen molar-refractivity contribution in [1.29, 1.82) is 0 Å². The minimum absolute atomic E-state index is 0.0376. The molecule has 0 radical (unpaired) electrons. The maximum atomic E-state index is 8.81. The Morgan fingerprint density at radius 1 is 1.56 bits per heavy atom. The van der Waals surface area contributed by atoms with Gasteiger partial charge in [-0.25, -0.2) is 0 Å². The average Bonchev–Trinajstić information content (AvgIpc) is 1.88. The smallest absolute Gasteiger partial charge is 0.167 e. The molecule has 1 aliphatic heterocycles. The summed E-state index contributed by atoms with van der Waals surface area (Å²) in [7, 11) is 0. The van der Waals surface area contributed by atoms with Crippen molar-refractivity contribution in [3.63, 3.8) is 0 Å². The Kier molecular flexibility index (Phi) is 2.41. The van der Waals surface area contributed by atoms with Crippen molar-refractivity contribution in [1.82, 2.24) is 5.32 Å². The molecule has 9 heavy (non-hydrogen) atoms. The normalized spacial score (nSPS) is 36.7. The molecule has 0 saturated carbocycles. The SMILES string of the molecule is OCC1CNCC(O)O1. The highest BCUT2D eigenvalue weighted by molar-refractivity contribution is 4.67. The Bertz CT molecular complexity index is 88.3. The molecule has 0 aromatic rings. The molecular formula is C5H11NO3. The van der Waals surface area contributed by atoms with E-state index in [0.29, 0.717) is 13.1 Å². The number of hydrogen-bond donors (Lipinski definition) is 3. The van der Waals surface area contributed by atoms with Crippen molar-refractivity contribution in [2.75, 3.05) is 19.7 Å². The highest BCUT2D eigenvalue weighted by Crippen LogP contribution is 1.98. The third-order valence-electron chi connectivity index (χ3n) is 1.24. The van der Waals surface area contributed by atoms with E-state index in [4.69, 9.17) is 14.9 Å². The number of rotatable bonds is 1. The summed E-state index contributed by atoms with van der Waals surface area (Å²) in [5, 5.41) is 20.2. The molecule has 0 bridgehead atoms. The summed E-state index contributed by atoms with van der Waals surface area (Å²) in [5.74, 6) is 0. The average molecular weight is 133 g/mol. The van der Waals surface area contributed by atoms with Crippen LogP contribution in [-0.4, -0.2) is 42.3 Å². The number of β-amino-alcohol motifs (C(OH)–C–C–N with tert-alkyl or cyclic N) is 1. The van der Waals surface area contributed by atoms with E-state index in [9.17, 15) is 0 Å². The third kappa shape index (κ3) is 1.91. The van der Waals surface area contributed by atoms with Gasteiger partial charge in [0.05, 0.1) is 12.7 Å². The summed E-state index contributed by atoms with van der Waals surface area (Å²) >= 11 is 0. The standard InChI is InChI=1S/C5H11NO3/c7-3-4-1-6-2-5(8)9-4/h4-8H,1-3H2. The first-order valence-corrected chi connectivity index (χ1v) is 2.98. The van der Waals surface area contributed by atoms with Gasteiger partial charge in [0.25, 0.3) is 0 Å². The van der Waals surface area contributed by atoms with Gasteiger partial charge in [-0.3, -0.25) is 0 Å². The number of hydrogen-bond acceptors (Lipinski definition) is 4. The Morgan fingerprint density at radius 2 is 2.33 bits per heavy atom. The van der Waals surface area contributed by atoms with Crippen LogP contribution < -0.4 is 5.32 Å². The van der Waals surface area contributed by atoms with Crippen molar-refractivity contribution >= 4 is 0 Å². The van der Waals surface area contributed by atoms with Gasteiger partial charge in [0.2, 0.25) is 0 Å². The van der Waals surface area contributed by atoms with Gasteiger partial charge in [-0.2, -0.15) is 0 Å². The number of aliphatic hydroxyl groups excluding tert-OH is 2. The van der Waals surface area contributed by atoms with Gasteiger partial charge in [0.1, 0.15) is 0 Å². The predicted octanol–water partition coefficient (Wildman–Crippen LogP) is -1.71. The Hall–Kier alpha value is -0.160. The summed E-state index contributed by atoms with van der Waals surface area (Å²) < 4.78 is 4.88. The Morgan fingerprint density at radius 3 is 2.78 bits per heavy atom. The van der Waals surface area contributed by atoms with Crippen molar-refractivity contribution in [3.05, 3.63) is 0 Å². The number of aliphatic hydroxyl groups is 2. The van der Waals surface area contributed by atoms with Crippen LogP contribution in [0, 0.1) is 0 Å². The molecule has 54 valence electrons. The molecule has 1 heterocycles. The molecular weight excluding hydrogens is 122 g/mol. The zero-order valence-corrected chi connectivity index (χ0v) is 5.08. The van der Waals surface area contributed by atoms with Gasteiger partial charge < -0.3 is 20.3 Å². The van der Waals surface area contributed by atoms with E-state index < -0.39 is 6.29 Å². The molecule has 4 heteroatoms. The molecule has 4 nitrogen and oxygen atoms in total. The lowest BCUT2D eigenvalue weighted by molar-refractivity contribution is -0.161. The first-order valence-electron chi connectivity index (χ1n) is 2.98. The van der Waals surface area contributed by atoms with E-state index in [1.54, 1.807) is 0 Å². The van der Waals surface area contributed by atoms with E-state index in [0.717, 1.165) is 0 Å². The fourth-order valence-electron chi connectivity index (χ4n) is 0.794. The van der Waals surface area contributed by atoms with Crippen molar-refractivity contribution in [2.24, 2.45) is 0 Å². The van der Waals surface area contributed by atoms with E-state index in [2.05, 4.69) is 5.32 Å². The van der Waals surface area contributed by atoms with Crippen LogP contribution in [0.5, 0.6) is 0 Å². The molecule has 1 rings (SSSR count). The largest absolute Gasteiger partial charge is 0.394 e. The highest BCUT2D eigenvalue weighted by Gasteiger charge is 2.18. The maximum Gasteiger partial charge on any atom is 0.167 e. The van der Waals surface area contributed by atoms with Crippen LogP contribution in [-0.2, 0) is 4.74 Å². The summed E-state index contributed by atoms with van der Waals surface area (Å²) in [6.45, 7) is 1.04. The van der Waals surface area contributed by atoms with Gasteiger partial charge >= 0.3 is 0 Å². The molecule has 0 aliphatic carbocycles. The summed E-state index contributed by atoms with van der Waals surface area (Å²) in [4.78, 5) is 0. The van der Waals surface area contributed by atoms with Crippen molar-refractivity contribution in [3.8, 4) is 0 Å². The lowest BCUT2D eigenvalue weighted by Gasteiger charge is -2.25. The van der Waals surface area contributed by atoms with E-state index >= 15 is 0 Å². The van der Waals surface area contributed by atoms with Gasteiger partial charge in [0.15, 0.2) is 6.29 Å². The summed E-state index contributed by atoms with van der Waals surface area (Å²) in [6, 6.07) is 0. The zero-order valence-electron chi connectivity index (χ0n) is 5.08. The maximum absolute atomic E-state index is 8.81. The predicted molar refractivity (Wildman–Crippen MR) is 30.8 cm³/mol. The lowest BCUT2D eigenvalue weighted by Crippen LogP contribution is -2.46. The number of nitrogens with one attached hydrogen (secondary N) is 1. The molecule has 0 aromatic heterocycles. The fourth-order valence-corrected chi connectivity index (χ4v) is 0.794. The van der Waals surface area contributed by atoms with Crippen molar-refractivity contribution in [2.45, 2.75) is 12.4 Å². The highest BCUT2D eigenvalue weighted by atomic mass is 16.6. The first-order chi connectivity index (χ1) is 4.33. The van der Waals surface area contributed by atoms with Gasteiger partial charge in [0, 0.05) is 13.1 Å². The zero-order chi connectivity index (χ0) is 6.69. The monoisotopic (exact) mass is 133 g/mol. The summed E-state index contributed by atoms with van der Waals surface area (Å²) in [5.41, 5.74) is 0. The minimum atomic E-state index is -0.754. The van der Waals surface area contributed by atoms with Crippen LogP contribution in [0.25, 0.3) is 0 Å². The molecule has 0 amide bonds. The third-order valence-corrected chi connectivity index (χ3v) is 1.24. The van der Waals surface area contributed by atoms with Crippen LogP contribution in [0.3, 0.4) is 0 Å². The topological polar surface area (TPSA) is 61.7 Å². The molecule has 1 aliphatic rings. The van der Waals surface area contributed by atoms with E-state index in [-0.39, 0.29) is 12.7 Å². The minimum Gasteiger partial charge on any atom is -0.394 e. The van der Waals surface area contributed by atoms with Gasteiger partial charge in [-0.15, -0.1) is 0 Å². The van der Waals surface area contributed by atoms with Gasteiger partial charge in [-0.05, 0) is 0 Å². The van der Waals surface area contributed by atoms with Crippen LogP contribution in [0.1, 0.15) is 0 Å². The van der Waals surface area contributed by atoms with Crippen LogP contribution in [0.15, 0.2) is 0 Å². The second-order valence-electron chi connectivity index (χ2n) is 2.05. The lowest BCUT2D eigenvalue weighted by atomic mass is 10.3. The Balaban J connectivity index is 2.23. The summed E-state index contributed by atoms with van der Waals surface area (Å²) in [6.07, 6.45) is -0.996. The molecule has 1 saturated heterocycles. The van der Waals surface area contributed by atoms with Crippen LogP contribution in [0.4, 0.5) is 0 Å². The molecule has 0 spiro atoms. The van der Waals surface area contributed by atoms with E-state index in [1.807, 2.05) is 0 Å². The molecule has 1 fully saturated rings. The van der Waals surface area contributed by atoms with Gasteiger partial charge in [-0.1, -0.05) is 0 Å². The quantitative estimate of drug-likeness (QED) is 0.398. The second kappa shape index (κ2) is 3.12. The van der Waals surface area contributed by atoms with Crippen molar-refractivity contribution < 1.29 is 14.9 Å². The fraction of sp³-hybridized carbons (Fsp3) is 1.00. The molecule has 3 N–H and O–H groups in total.